The number of halogens is 3. The van der Waals surface area contributed by atoms with Crippen molar-refractivity contribution in [2.45, 2.75) is 12.7 Å². The van der Waals surface area contributed by atoms with Gasteiger partial charge < -0.3 is 25.2 Å². The first-order valence-corrected chi connectivity index (χ1v) is 14.6. The number of rotatable bonds is 9. The van der Waals surface area contributed by atoms with Gasteiger partial charge in [-0.15, -0.1) is 0 Å². The van der Waals surface area contributed by atoms with Crippen LogP contribution in [0.15, 0.2) is 42.7 Å². The molecule has 226 valence electrons. The lowest BCUT2D eigenvalue weighted by Gasteiger charge is -2.32. The van der Waals surface area contributed by atoms with Crippen molar-refractivity contribution in [2.75, 3.05) is 68.6 Å². The Kier molecular flexibility index (Phi) is 9.06. The molecule has 2 aromatic heterocycles. The number of piperazine rings is 1. The predicted octanol–water partition coefficient (Wildman–Crippen LogP) is 3.04. The zero-order valence-corrected chi connectivity index (χ0v) is 24.3. The summed E-state index contributed by atoms with van der Waals surface area (Å²) >= 11 is 0. The number of methoxy groups -OCH3 is 1. The highest BCUT2D eigenvalue weighted by atomic mass is 32.2. The van der Waals surface area contributed by atoms with Gasteiger partial charge in [-0.3, -0.25) is 9.10 Å². The maximum absolute atomic E-state index is 13.8. The summed E-state index contributed by atoms with van der Waals surface area (Å²) in [5, 5.41) is 5.50. The molecule has 1 aliphatic heterocycles. The van der Waals surface area contributed by atoms with Gasteiger partial charge in [-0.25, -0.2) is 18.4 Å². The Morgan fingerprint density at radius 1 is 1.14 bits per heavy atom. The summed E-state index contributed by atoms with van der Waals surface area (Å²) in [6.45, 7) is 2.51. The van der Waals surface area contributed by atoms with E-state index in [1.54, 1.807) is 35.2 Å². The number of carbonyl (C=O) groups is 1. The molecule has 1 fully saturated rings. The Morgan fingerprint density at radius 2 is 1.86 bits per heavy atom. The normalized spacial score (nSPS) is 14.4. The molecule has 0 spiro atoms. The van der Waals surface area contributed by atoms with Crippen molar-refractivity contribution < 1.29 is 31.1 Å². The molecule has 0 aliphatic carbocycles. The van der Waals surface area contributed by atoms with Crippen LogP contribution in [-0.4, -0.2) is 92.7 Å². The van der Waals surface area contributed by atoms with E-state index in [0.717, 1.165) is 23.7 Å². The number of alkyl halides is 3. The number of nitrogens with one attached hydrogen (secondary N) is 2. The summed E-state index contributed by atoms with van der Waals surface area (Å²) in [4.78, 5) is 28.8. The van der Waals surface area contributed by atoms with Gasteiger partial charge in [-0.2, -0.15) is 18.2 Å². The number of aromatic nitrogens is 3. The van der Waals surface area contributed by atoms with Gasteiger partial charge in [0.2, 0.25) is 16.0 Å². The molecule has 0 atom stereocenters. The molecule has 0 radical (unpaired) electrons. The number of nitrogens with zero attached hydrogens (tertiary/aromatic N) is 6. The largest absolute Gasteiger partial charge is 0.495 e. The quantitative estimate of drug-likeness (QED) is 0.374. The minimum atomic E-state index is -4.77. The number of amides is 1. The molecule has 1 saturated heterocycles. The van der Waals surface area contributed by atoms with E-state index in [-0.39, 0.29) is 30.0 Å². The molecule has 1 aromatic carbocycles. The van der Waals surface area contributed by atoms with Crippen molar-refractivity contribution in [2.24, 2.45) is 0 Å². The third-order valence-electron chi connectivity index (χ3n) is 6.69. The van der Waals surface area contributed by atoms with Gasteiger partial charge in [0.05, 0.1) is 19.1 Å². The van der Waals surface area contributed by atoms with Crippen LogP contribution in [0.2, 0.25) is 0 Å². The number of hydrogen-bond donors (Lipinski definition) is 2. The first kappa shape index (κ1) is 30.8. The molecule has 0 saturated carbocycles. The summed E-state index contributed by atoms with van der Waals surface area (Å²) in [7, 11) is 1.03. The van der Waals surface area contributed by atoms with E-state index >= 15 is 0 Å². The summed E-state index contributed by atoms with van der Waals surface area (Å²) < 4.78 is 71.8. The smallest absolute Gasteiger partial charge is 0.421 e. The van der Waals surface area contributed by atoms with Crippen LogP contribution in [0.1, 0.15) is 21.5 Å². The third-order valence-corrected chi connectivity index (χ3v) is 7.86. The number of ether oxygens (including phenoxy) is 1. The molecular formula is C26H31F3N8O4S. The fraction of sp³-hybridized carbons (Fsp3) is 0.385. The average molecular weight is 609 g/mol. The number of hydrogen-bond acceptors (Lipinski definition) is 10. The second-order valence-electron chi connectivity index (χ2n) is 9.66. The van der Waals surface area contributed by atoms with E-state index in [2.05, 4.69) is 30.5 Å². The Balaban J connectivity index is 1.58. The van der Waals surface area contributed by atoms with E-state index in [4.69, 9.17) is 4.74 Å². The van der Waals surface area contributed by atoms with Crippen molar-refractivity contribution in [1.29, 1.82) is 0 Å². The molecule has 3 heterocycles. The summed E-state index contributed by atoms with van der Waals surface area (Å²) in [6, 6.07) is 7.80. The third kappa shape index (κ3) is 7.17. The molecular weight excluding hydrogens is 577 g/mol. The topological polar surface area (TPSA) is 133 Å². The van der Waals surface area contributed by atoms with Crippen molar-refractivity contribution >= 4 is 39.2 Å². The first-order valence-electron chi connectivity index (χ1n) is 12.8. The van der Waals surface area contributed by atoms with E-state index in [0.29, 0.717) is 36.1 Å². The first-order chi connectivity index (χ1) is 19.8. The molecule has 2 N–H and O–H groups in total. The van der Waals surface area contributed by atoms with Gasteiger partial charge in [0.15, 0.2) is 0 Å². The maximum Gasteiger partial charge on any atom is 0.421 e. The van der Waals surface area contributed by atoms with E-state index in [1.165, 1.54) is 20.4 Å². The number of sulfonamides is 1. The molecule has 4 rings (SSSR count). The van der Waals surface area contributed by atoms with Crippen LogP contribution in [0, 0.1) is 0 Å². The Bertz CT molecular complexity index is 1550. The van der Waals surface area contributed by atoms with Gasteiger partial charge in [0, 0.05) is 63.3 Å². The minimum absolute atomic E-state index is 0.0596. The summed E-state index contributed by atoms with van der Waals surface area (Å²) in [5.74, 6) is -0.512. The standard InChI is InChI=1S/C26H31F3N8O4S/c1-35-10-12-37(13-11-35)24(38)17-7-8-20(21(14-17)41-3)33-25-32-16-19(26(27,28)29)22(34-25)31-15-18-6-5-9-30-23(18)36(2)42(4,39)40/h5-9,14,16H,10-13,15H2,1-4H3,(H2,31,32,33,34). The average Bonchev–Trinajstić information content (AvgIpc) is 2.95. The lowest BCUT2D eigenvalue weighted by molar-refractivity contribution is -0.137. The second-order valence-corrected chi connectivity index (χ2v) is 11.7. The van der Waals surface area contributed by atoms with Gasteiger partial charge >= 0.3 is 6.18 Å². The number of likely N-dealkylation sites (N-methyl/N-ethyl adjacent to an activating group) is 1. The van der Waals surface area contributed by atoms with E-state index in [9.17, 15) is 26.4 Å². The van der Waals surface area contributed by atoms with Crippen molar-refractivity contribution in [3.63, 3.8) is 0 Å². The molecule has 16 heteroatoms. The Morgan fingerprint density at radius 3 is 2.50 bits per heavy atom. The van der Waals surface area contributed by atoms with Crippen molar-refractivity contribution in [1.82, 2.24) is 24.8 Å². The molecule has 3 aromatic rings. The lowest BCUT2D eigenvalue weighted by Crippen LogP contribution is -2.47. The van der Waals surface area contributed by atoms with Crippen LogP contribution in [-0.2, 0) is 22.7 Å². The molecule has 0 unspecified atom stereocenters. The van der Waals surface area contributed by atoms with Gasteiger partial charge in [0.25, 0.3) is 5.91 Å². The van der Waals surface area contributed by atoms with E-state index < -0.39 is 27.6 Å². The summed E-state index contributed by atoms with van der Waals surface area (Å²) in [6.07, 6.45) is -1.76. The van der Waals surface area contributed by atoms with Crippen LogP contribution < -0.4 is 19.7 Å². The number of anilines is 4. The molecule has 42 heavy (non-hydrogen) atoms. The van der Waals surface area contributed by atoms with Gasteiger partial charge in [-0.05, 0) is 31.3 Å². The van der Waals surface area contributed by atoms with Crippen molar-refractivity contribution in [3.05, 3.63) is 59.4 Å². The minimum Gasteiger partial charge on any atom is -0.495 e. The number of carbonyl (C=O) groups excluding carboxylic acids is 1. The Labute approximate surface area is 241 Å². The molecule has 1 aliphatic rings. The molecule has 12 nitrogen and oxygen atoms in total. The van der Waals surface area contributed by atoms with Crippen LogP contribution >= 0.6 is 0 Å². The van der Waals surface area contributed by atoms with Gasteiger partial charge in [-0.1, -0.05) is 6.07 Å². The predicted molar refractivity (Wildman–Crippen MR) is 152 cm³/mol. The number of pyridine rings is 1. The lowest BCUT2D eigenvalue weighted by atomic mass is 10.1. The highest BCUT2D eigenvalue weighted by Crippen LogP contribution is 2.35. The van der Waals surface area contributed by atoms with Gasteiger partial charge in [0.1, 0.15) is 22.9 Å². The zero-order chi connectivity index (χ0) is 30.7. The van der Waals surface area contributed by atoms with Crippen LogP contribution in [0.3, 0.4) is 0 Å². The SMILES string of the molecule is COc1cc(C(=O)N2CCN(C)CC2)ccc1Nc1ncc(C(F)(F)F)c(NCc2cccnc2N(C)S(C)(=O)=O)n1. The maximum atomic E-state index is 13.8. The zero-order valence-electron chi connectivity index (χ0n) is 23.4. The second kappa shape index (κ2) is 12.4. The fourth-order valence-corrected chi connectivity index (χ4v) is 4.69. The highest BCUT2D eigenvalue weighted by molar-refractivity contribution is 7.92. The molecule has 1 amide bonds. The van der Waals surface area contributed by atoms with Crippen LogP contribution in [0.4, 0.5) is 36.4 Å². The highest BCUT2D eigenvalue weighted by Gasteiger charge is 2.35. The molecule has 0 bridgehead atoms. The van der Waals surface area contributed by atoms with Crippen LogP contribution in [0.25, 0.3) is 0 Å². The summed E-state index contributed by atoms with van der Waals surface area (Å²) in [5.41, 5.74) is -0.0459. The van der Waals surface area contributed by atoms with Crippen LogP contribution in [0.5, 0.6) is 5.75 Å². The van der Waals surface area contributed by atoms with E-state index in [1.807, 2.05) is 7.05 Å². The fourth-order valence-electron chi connectivity index (χ4n) is 4.21. The van der Waals surface area contributed by atoms with Crippen molar-refractivity contribution in [3.8, 4) is 5.75 Å². The number of benzene rings is 1. The Hall–Kier alpha value is -4.18. The monoisotopic (exact) mass is 608 g/mol.